The molecule has 0 bridgehead atoms. The van der Waals surface area contributed by atoms with Crippen LogP contribution in [-0.4, -0.2) is 5.78 Å². The maximum Gasteiger partial charge on any atom is 0.178 e. The summed E-state index contributed by atoms with van der Waals surface area (Å²) in [5.41, 5.74) is 2.22. The minimum Gasteiger partial charge on any atom is -0.290 e. The minimum absolute atomic E-state index is 0.0320. The molecular formula is C21H18O. The molecule has 22 heavy (non-hydrogen) atoms. The van der Waals surface area contributed by atoms with Crippen LogP contribution in [0.25, 0.3) is 12.2 Å². The van der Waals surface area contributed by atoms with Crippen molar-refractivity contribution >= 4 is 17.9 Å². The van der Waals surface area contributed by atoms with Gasteiger partial charge in [0.25, 0.3) is 0 Å². The molecule has 0 aliphatic carbocycles. The molecule has 0 amide bonds. The lowest BCUT2D eigenvalue weighted by Gasteiger charge is -1.88. The Kier molecular flexibility index (Phi) is 6.39. The summed E-state index contributed by atoms with van der Waals surface area (Å²) in [4.78, 5) is 11.6. The van der Waals surface area contributed by atoms with Gasteiger partial charge in [-0.05, 0) is 23.3 Å². The zero-order valence-corrected chi connectivity index (χ0v) is 12.3. The van der Waals surface area contributed by atoms with Crippen molar-refractivity contribution in [3.8, 4) is 0 Å². The molecule has 108 valence electrons. The zero-order valence-electron chi connectivity index (χ0n) is 12.3. The van der Waals surface area contributed by atoms with E-state index in [1.54, 1.807) is 24.3 Å². The van der Waals surface area contributed by atoms with Crippen molar-refractivity contribution in [3.05, 3.63) is 108 Å². The summed E-state index contributed by atoms with van der Waals surface area (Å²) in [7, 11) is 0. The van der Waals surface area contributed by atoms with Gasteiger partial charge in [-0.3, -0.25) is 4.79 Å². The van der Waals surface area contributed by atoms with Gasteiger partial charge in [0.2, 0.25) is 0 Å². The molecule has 1 nitrogen and oxygen atoms in total. The molecule has 0 heterocycles. The summed E-state index contributed by atoms with van der Waals surface area (Å²) in [6.07, 6.45) is 14.2. The number of benzene rings is 2. The van der Waals surface area contributed by atoms with Crippen molar-refractivity contribution < 1.29 is 4.79 Å². The largest absolute Gasteiger partial charge is 0.290 e. The Morgan fingerprint density at radius 2 is 1.00 bits per heavy atom. The number of hydrogen-bond acceptors (Lipinski definition) is 1. The van der Waals surface area contributed by atoms with Gasteiger partial charge in [0.05, 0.1) is 0 Å². The van der Waals surface area contributed by atoms with Crippen molar-refractivity contribution in [2.24, 2.45) is 0 Å². The number of rotatable bonds is 6. The van der Waals surface area contributed by atoms with Crippen molar-refractivity contribution in [2.45, 2.75) is 0 Å². The highest BCUT2D eigenvalue weighted by Gasteiger charge is 1.86. The molecule has 0 aliphatic rings. The van der Waals surface area contributed by atoms with Crippen LogP contribution in [0.15, 0.2) is 97.1 Å². The van der Waals surface area contributed by atoms with Gasteiger partial charge in [0, 0.05) is 0 Å². The van der Waals surface area contributed by atoms with Crippen LogP contribution in [0.4, 0.5) is 0 Å². The average Bonchev–Trinajstić information content (AvgIpc) is 2.57. The zero-order chi connectivity index (χ0) is 15.5. The molecule has 0 spiro atoms. The van der Waals surface area contributed by atoms with E-state index in [2.05, 4.69) is 0 Å². The van der Waals surface area contributed by atoms with Crippen LogP contribution >= 0.6 is 0 Å². The smallest absolute Gasteiger partial charge is 0.178 e. The summed E-state index contributed by atoms with van der Waals surface area (Å²) in [6, 6.07) is 19.9. The summed E-state index contributed by atoms with van der Waals surface area (Å²) < 4.78 is 0. The van der Waals surface area contributed by atoms with Gasteiger partial charge in [0.1, 0.15) is 0 Å². The maximum atomic E-state index is 11.6. The van der Waals surface area contributed by atoms with Gasteiger partial charge in [-0.2, -0.15) is 0 Å². The first-order valence-electron chi connectivity index (χ1n) is 7.18. The first-order valence-corrected chi connectivity index (χ1v) is 7.18. The first-order chi connectivity index (χ1) is 10.8. The maximum absolute atomic E-state index is 11.6. The highest BCUT2D eigenvalue weighted by molar-refractivity contribution is 5.99. The van der Waals surface area contributed by atoms with Crippen molar-refractivity contribution in [1.29, 1.82) is 0 Å². The van der Waals surface area contributed by atoms with E-state index in [0.29, 0.717) is 0 Å². The number of allylic oxidation sites excluding steroid dienone is 6. The van der Waals surface area contributed by atoms with Gasteiger partial charge < -0.3 is 0 Å². The fourth-order valence-corrected chi connectivity index (χ4v) is 1.82. The molecule has 1 heteroatoms. The second kappa shape index (κ2) is 9.09. The highest BCUT2D eigenvalue weighted by Crippen LogP contribution is 2.02. The van der Waals surface area contributed by atoms with Gasteiger partial charge in [-0.25, -0.2) is 0 Å². The van der Waals surface area contributed by atoms with Crippen LogP contribution in [-0.2, 0) is 4.79 Å². The van der Waals surface area contributed by atoms with Crippen LogP contribution in [0.1, 0.15) is 11.1 Å². The Morgan fingerprint density at radius 3 is 1.41 bits per heavy atom. The number of ketones is 1. The molecular weight excluding hydrogens is 268 g/mol. The third kappa shape index (κ3) is 6.02. The summed E-state index contributed by atoms with van der Waals surface area (Å²) in [6.45, 7) is 0. The molecule has 2 aromatic carbocycles. The van der Waals surface area contributed by atoms with E-state index < -0.39 is 0 Å². The normalized spacial score (nSPS) is 12.0. The Hall–Kier alpha value is -2.93. The third-order valence-electron chi connectivity index (χ3n) is 2.92. The first kappa shape index (κ1) is 15.5. The van der Waals surface area contributed by atoms with E-state index in [-0.39, 0.29) is 5.78 Å². The fourth-order valence-electron chi connectivity index (χ4n) is 1.82. The molecule has 0 saturated heterocycles. The van der Waals surface area contributed by atoms with Crippen LogP contribution < -0.4 is 0 Å². The monoisotopic (exact) mass is 286 g/mol. The molecule has 0 saturated carbocycles. The standard InChI is InChI=1S/C21H18O/c22-21(17-9-7-15-19-11-3-1-4-12-19)18-10-8-16-20-13-5-2-6-14-20/h1-18H/b15-7-,16-8+,17-9-,18-10+. The molecule has 0 atom stereocenters. The van der Waals surface area contributed by atoms with Crippen LogP contribution in [0.5, 0.6) is 0 Å². The summed E-state index contributed by atoms with van der Waals surface area (Å²) >= 11 is 0. The summed E-state index contributed by atoms with van der Waals surface area (Å²) in [5.74, 6) is -0.0320. The quantitative estimate of drug-likeness (QED) is 0.533. The molecule has 0 unspecified atom stereocenters. The lowest BCUT2D eigenvalue weighted by Crippen LogP contribution is -1.82. The van der Waals surface area contributed by atoms with Crippen molar-refractivity contribution in [1.82, 2.24) is 0 Å². The Bertz CT molecular complexity index is 628. The third-order valence-corrected chi connectivity index (χ3v) is 2.92. The lowest BCUT2D eigenvalue weighted by atomic mass is 10.2. The van der Waals surface area contributed by atoms with Gasteiger partial charge in [0.15, 0.2) is 5.78 Å². The van der Waals surface area contributed by atoms with Gasteiger partial charge >= 0.3 is 0 Å². The Morgan fingerprint density at radius 1 is 0.591 bits per heavy atom. The predicted molar refractivity (Wildman–Crippen MR) is 94.2 cm³/mol. The van der Waals surface area contributed by atoms with E-state index in [1.807, 2.05) is 85.0 Å². The molecule has 0 N–H and O–H groups in total. The SMILES string of the molecule is O=C(/C=C\C=C/c1ccccc1)/C=C/C=C/c1ccccc1. The average molecular weight is 286 g/mol. The molecule has 2 aromatic rings. The predicted octanol–water partition coefficient (Wildman–Crippen LogP) is 5.09. The molecule has 0 fully saturated rings. The Balaban J connectivity index is 1.80. The van der Waals surface area contributed by atoms with Gasteiger partial charge in [-0.15, -0.1) is 0 Å². The lowest BCUT2D eigenvalue weighted by molar-refractivity contribution is -0.110. The number of carbonyl (C=O) groups is 1. The topological polar surface area (TPSA) is 17.1 Å². The minimum atomic E-state index is -0.0320. The molecule has 0 aliphatic heterocycles. The second-order valence-electron chi connectivity index (χ2n) is 4.66. The summed E-state index contributed by atoms with van der Waals surface area (Å²) in [5, 5.41) is 0. The fraction of sp³-hybridized carbons (Fsp3) is 0. The Labute approximate surface area is 131 Å². The van der Waals surface area contributed by atoms with E-state index in [1.165, 1.54) is 0 Å². The molecule has 0 aromatic heterocycles. The van der Waals surface area contributed by atoms with E-state index in [9.17, 15) is 4.79 Å². The van der Waals surface area contributed by atoms with Crippen LogP contribution in [0, 0.1) is 0 Å². The van der Waals surface area contributed by atoms with Crippen molar-refractivity contribution in [3.63, 3.8) is 0 Å². The highest BCUT2D eigenvalue weighted by atomic mass is 16.1. The van der Waals surface area contributed by atoms with E-state index in [0.717, 1.165) is 11.1 Å². The van der Waals surface area contributed by atoms with Crippen LogP contribution in [0.2, 0.25) is 0 Å². The van der Waals surface area contributed by atoms with Crippen LogP contribution in [0.3, 0.4) is 0 Å². The number of hydrogen-bond donors (Lipinski definition) is 0. The van der Waals surface area contributed by atoms with E-state index in [4.69, 9.17) is 0 Å². The van der Waals surface area contributed by atoms with Crippen molar-refractivity contribution in [2.75, 3.05) is 0 Å². The number of carbonyl (C=O) groups excluding carboxylic acids is 1. The van der Waals surface area contributed by atoms with Gasteiger partial charge in [-0.1, -0.05) is 97.1 Å². The van der Waals surface area contributed by atoms with E-state index >= 15 is 0 Å². The molecule has 2 rings (SSSR count). The molecule has 0 radical (unpaired) electrons. The second-order valence-corrected chi connectivity index (χ2v) is 4.66.